The fourth-order valence-corrected chi connectivity index (χ4v) is 3.86. The quantitative estimate of drug-likeness (QED) is 0.615. The molecular weight excluding hydrogens is 376 g/mol. The zero-order chi connectivity index (χ0) is 19.5. The maximum atomic E-state index is 13.1. The summed E-state index contributed by atoms with van der Waals surface area (Å²) < 4.78 is 11.4. The van der Waals surface area contributed by atoms with Crippen LogP contribution in [0.25, 0.3) is 0 Å². The van der Waals surface area contributed by atoms with Gasteiger partial charge in [-0.1, -0.05) is 35.9 Å². The van der Waals surface area contributed by atoms with E-state index < -0.39 is 0 Å². The van der Waals surface area contributed by atoms with Gasteiger partial charge >= 0.3 is 0 Å². The number of ether oxygens (including phenoxy) is 1. The molecule has 144 valence electrons. The normalized spacial score (nSPS) is 16.4. The van der Waals surface area contributed by atoms with Gasteiger partial charge in [0.05, 0.1) is 18.9 Å². The van der Waals surface area contributed by atoms with Crippen molar-refractivity contribution in [1.82, 2.24) is 9.88 Å². The lowest BCUT2D eigenvalue weighted by Gasteiger charge is -2.23. The number of para-hydroxylation sites is 1. The molecule has 1 atom stereocenters. The van der Waals surface area contributed by atoms with Crippen molar-refractivity contribution in [3.8, 4) is 5.75 Å². The predicted molar refractivity (Wildman–Crippen MR) is 107 cm³/mol. The lowest BCUT2D eigenvalue weighted by atomic mass is 10.1. The highest BCUT2D eigenvalue weighted by Crippen LogP contribution is 2.34. The van der Waals surface area contributed by atoms with Crippen LogP contribution in [0.5, 0.6) is 5.75 Å². The molecule has 6 heteroatoms. The number of oxazole rings is 1. The predicted octanol–water partition coefficient (Wildman–Crippen LogP) is 4.90. The van der Waals surface area contributed by atoms with Crippen molar-refractivity contribution in [1.29, 1.82) is 0 Å². The molecule has 5 nitrogen and oxygen atoms in total. The van der Waals surface area contributed by atoms with E-state index in [0.29, 0.717) is 35.2 Å². The Morgan fingerprint density at radius 1 is 1.29 bits per heavy atom. The third-order valence-electron chi connectivity index (χ3n) is 4.97. The van der Waals surface area contributed by atoms with E-state index in [0.717, 1.165) is 24.2 Å². The van der Waals surface area contributed by atoms with Gasteiger partial charge < -0.3 is 14.1 Å². The molecule has 2 aromatic carbocycles. The molecule has 1 amide bonds. The summed E-state index contributed by atoms with van der Waals surface area (Å²) in [4.78, 5) is 19.4. The molecule has 0 saturated carbocycles. The Morgan fingerprint density at radius 3 is 2.96 bits per heavy atom. The maximum absolute atomic E-state index is 13.1. The van der Waals surface area contributed by atoms with Gasteiger partial charge in [-0.05, 0) is 42.7 Å². The molecule has 3 aromatic rings. The Hall–Kier alpha value is -2.79. The average molecular weight is 397 g/mol. The molecule has 0 spiro atoms. The van der Waals surface area contributed by atoms with E-state index in [1.54, 1.807) is 25.4 Å². The molecule has 1 aliphatic rings. The summed E-state index contributed by atoms with van der Waals surface area (Å²) in [5.41, 5.74) is 1.62. The van der Waals surface area contributed by atoms with Crippen molar-refractivity contribution in [3.63, 3.8) is 0 Å². The minimum atomic E-state index is -0.162. The van der Waals surface area contributed by atoms with Gasteiger partial charge in [0.2, 0.25) is 5.89 Å². The van der Waals surface area contributed by atoms with Crippen molar-refractivity contribution >= 4 is 17.5 Å². The molecule has 1 fully saturated rings. The molecule has 0 bridgehead atoms. The smallest absolute Gasteiger partial charge is 0.258 e. The monoisotopic (exact) mass is 396 g/mol. The van der Waals surface area contributed by atoms with Crippen LogP contribution in [0.1, 0.15) is 46.5 Å². The summed E-state index contributed by atoms with van der Waals surface area (Å²) in [6, 6.07) is 14.8. The van der Waals surface area contributed by atoms with E-state index in [2.05, 4.69) is 4.98 Å². The second-order valence-electron chi connectivity index (χ2n) is 6.83. The van der Waals surface area contributed by atoms with Gasteiger partial charge in [0.1, 0.15) is 17.6 Å². The van der Waals surface area contributed by atoms with Gasteiger partial charge in [-0.25, -0.2) is 4.98 Å². The molecular formula is C22H21ClN2O3. The number of carbonyl (C=O) groups is 1. The van der Waals surface area contributed by atoms with E-state index in [1.807, 2.05) is 41.3 Å². The number of carbonyl (C=O) groups excluding carboxylic acids is 1. The van der Waals surface area contributed by atoms with Crippen LogP contribution in [0.15, 0.2) is 59.1 Å². The first-order valence-electron chi connectivity index (χ1n) is 9.28. The Morgan fingerprint density at radius 2 is 2.14 bits per heavy atom. The first-order chi connectivity index (χ1) is 13.7. The van der Waals surface area contributed by atoms with Crippen molar-refractivity contribution in [2.45, 2.75) is 25.3 Å². The molecule has 1 saturated heterocycles. The zero-order valence-electron chi connectivity index (χ0n) is 15.6. The third kappa shape index (κ3) is 3.76. The average Bonchev–Trinajstić information content (AvgIpc) is 3.36. The Labute approximate surface area is 168 Å². The molecule has 2 heterocycles. The molecule has 1 aromatic heterocycles. The topological polar surface area (TPSA) is 55.6 Å². The Kier molecular flexibility index (Phi) is 5.35. The fraction of sp³-hybridized carbons (Fsp3) is 0.273. The summed E-state index contributed by atoms with van der Waals surface area (Å²) in [7, 11) is 1.57. The first kappa shape index (κ1) is 18.6. The highest BCUT2D eigenvalue weighted by molar-refractivity contribution is 6.30. The van der Waals surface area contributed by atoms with E-state index >= 15 is 0 Å². The van der Waals surface area contributed by atoms with Crippen molar-refractivity contribution in [3.05, 3.63) is 82.5 Å². The van der Waals surface area contributed by atoms with Crippen molar-refractivity contribution in [2.75, 3.05) is 13.7 Å². The number of rotatable bonds is 5. The van der Waals surface area contributed by atoms with E-state index in [-0.39, 0.29) is 11.9 Å². The standard InChI is InChI=1S/C22H21ClN2O3/c1-27-20-10-3-2-8-18(20)22(26)25-11-5-9-19(25)21-24-14-17(28-21)13-15-6-4-7-16(23)12-15/h2-4,6-8,10,12,14,19H,5,9,11,13H2,1H3/t19-/m1/s1. The van der Waals surface area contributed by atoms with Gasteiger partial charge in [0, 0.05) is 18.0 Å². The summed E-state index contributed by atoms with van der Waals surface area (Å²) >= 11 is 6.06. The van der Waals surface area contributed by atoms with Crippen molar-refractivity contribution in [2.24, 2.45) is 0 Å². The first-order valence-corrected chi connectivity index (χ1v) is 9.66. The summed E-state index contributed by atoms with van der Waals surface area (Å²) in [6.45, 7) is 0.674. The zero-order valence-corrected chi connectivity index (χ0v) is 16.4. The number of amides is 1. The number of hydrogen-bond acceptors (Lipinski definition) is 4. The van der Waals surface area contributed by atoms with Crippen LogP contribution >= 0.6 is 11.6 Å². The lowest BCUT2D eigenvalue weighted by Crippen LogP contribution is -2.31. The second-order valence-corrected chi connectivity index (χ2v) is 7.26. The Bertz CT molecular complexity index is 985. The Balaban J connectivity index is 1.54. The number of methoxy groups -OCH3 is 1. The number of nitrogens with zero attached hydrogens (tertiary/aromatic N) is 2. The molecule has 28 heavy (non-hydrogen) atoms. The number of benzene rings is 2. The molecule has 4 rings (SSSR count). The van der Waals surface area contributed by atoms with Crippen LogP contribution in [0.2, 0.25) is 5.02 Å². The van der Waals surface area contributed by atoms with Crippen LogP contribution in [0, 0.1) is 0 Å². The van der Waals surface area contributed by atoms with Crippen molar-refractivity contribution < 1.29 is 13.9 Å². The van der Waals surface area contributed by atoms with Crippen LogP contribution in [0.4, 0.5) is 0 Å². The molecule has 0 radical (unpaired) electrons. The van der Waals surface area contributed by atoms with Gasteiger partial charge in [-0.3, -0.25) is 4.79 Å². The summed E-state index contributed by atoms with van der Waals surface area (Å²) in [5.74, 6) is 1.85. The van der Waals surface area contributed by atoms with Crippen LogP contribution < -0.4 is 4.74 Å². The van der Waals surface area contributed by atoms with E-state index in [1.165, 1.54) is 0 Å². The minimum absolute atomic E-state index is 0.0606. The second kappa shape index (κ2) is 8.07. The highest BCUT2D eigenvalue weighted by Gasteiger charge is 2.34. The highest BCUT2D eigenvalue weighted by atomic mass is 35.5. The van der Waals surface area contributed by atoms with Gasteiger partial charge in [-0.2, -0.15) is 0 Å². The molecule has 1 aliphatic heterocycles. The largest absolute Gasteiger partial charge is 0.496 e. The number of aromatic nitrogens is 1. The van der Waals surface area contributed by atoms with Crippen LogP contribution in [-0.2, 0) is 6.42 Å². The summed E-state index contributed by atoms with van der Waals surface area (Å²) in [5, 5.41) is 0.696. The molecule has 0 N–H and O–H groups in total. The van der Waals surface area contributed by atoms with Gasteiger partial charge in [0.15, 0.2) is 0 Å². The fourth-order valence-electron chi connectivity index (χ4n) is 3.65. The van der Waals surface area contributed by atoms with Crippen LogP contribution in [-0.4, -0.2) is 29.4 Å². The minimum Gasteiger partial charge on any atom is -0.496 e. The number of hydrogen-bond donors (Lipinski definition) is 0. The maximum Gasteiger partial charge on any atom is 0.258 e. The summed E-state index contributed by atoms with van der Waals surface area (Å²) in [6.07, 6.45) is 4.09. The van der Waals surface area contributed by atoms with Gasteiger partial charge in [-0.15, -0.1) is 0 Å². The van der Waals surface area contributed by atoms with E-state index in [9.17, 15) is 4.79 Å². The lowest BCUT2D eigenvalue weighted by molar-refractivity contribution is 0.0711. The molecule has 0 aliphatic carbocycles. The number of halogens is 1. The number of likely N-dealkylation sites (tertiary alicyclic amines) is 1. The van der Waals surface area contributed by atoms with Crippen LogP contribution in [0.3, 0.4) is 0 Å². The third-order valence-corrected chi connectivity index (χ3v) is 5.21. The SMILES string of the molecule is COc1ccccc1C(=O)N1CCC[C@@H]1c1ncc(Cc2cccc(Cl)c2)o1. The van der Waals surface area contributed by atoms with E-state index in [4.69, 9.17) is 20.8 Å². The molecule has 0 unspecified atom stereocenters. The van der Waals surface area contributed by atoms with Gasteiger partial charge in [0.25, 0.3) is 5.91 Å².